The summed E-state index contributed by atoms with van der Waals surface area (Å²) in [6.07, 6.45) is 7.35. The van der Waals surface area contributed by atoms with Crippen LogP contribution < -0.4 is 5.32 Å². The van der Waals surface area contributed by atoms with Gasteiger partial charge in [0, 0.05) is 29.5 Å². The summed E-state index contributed by atoms with van der Waals surface area (Å²) < 4.78 is 1.77. The van der Waals surface area contributed by atoms with Gasteiger partial charge in [0.2, 0.25) is 0 Å². The molecule has 0 radical (unpaired) electrons. The molecule has 0 saturated heterocycles. The maximum absolute atomic E-state index is 12.0. The number of carbonyl (C=O) groups is 1. The lowest BCUT2D eigenvalue weighted by Crippen LogP contribution is -2.25. The Kier molecular flexibility index (Phi) is 5.34. The van der Waals surface area contributed by atoms with E-state index >= 15 is 0 Å². The van der Waals surface area contributed by atoms with Crippen LogP contribution in [0, 0.1) is 11.3 Å². The first-order chi connectivity index (χ1) is 10.7. The number of halogens is 1. The number of carbonyl (C=O) groups excluding carboxylic acids is 1. The van der Waals surface area contributed by atoms with Crippen LogP contribution in [0.5, 0.6) is 0 Å². The van der Waals surface area contributed by atoms with E-state index in [-0.39, 0.29) is 5.57 Å². The zero-order valence-corrected chi connectivity index (χ0v) is 12.8. The summed E-state index contributed by atoms with van der Waals surface area (Å²) in [7, 11) is 0. The third-order valence-corrected chi connectivity index (χ3v) is 3.33. The smallest absolute Gasteiger partial charge is 0.261 e. The second-order valence-electron chi connectivity index (χ2n) is 4.57. The first-order valence-electron chi connectivity index (χ1n) is 6.84. The van der Waals surface area contributed by atoms with Crippen LogP contribution >= 0.6 is 11.6 Å². The van der Waals surface area contributed by atoms with Gasteiger partial charge in [0.15, 0.2) is 0 Å². The Hall–Kier alpha value is -2.58. The highest BCUT2D eigenvalue weighted by atomic mass is 35.5. The second-order valence-corrected chi connectivity index (χ2v) is 4.98. The topological polar surface area (TPSA) is 70.7 Å². The number of nitrogens with zero attached hydrogens (tertiary/aromatic N) is 3. The van der Waals surface area contributed by atoms with Crippen LogP contribution in [0.4, 0.5) is 0 Å². The normalized spacial score (nSPS) is 11.0. The van der Waals surface area contributed by atoms with E-state index in [9.17, 15) is 10.1 Å². The summed E-state index contributed by atoms with van der Waals surface area (Å²) >= 11 is 6.24. The van der Waals surface area contributed by atoms with Crippen molar-refractivity contribution in [3.05, 3.63) is 53.1 Å². The standard InChI is InChI=1S/C16H15ClN4O/c1-2-6-20-16(22)12(10-18)9-13-14(17)4-3-5-15(13)21-8-7-19-11-21/h3-5,7-9,11H,2,6H2,1H3,(H,20,22)/b12-9+. The van der Waals surface area contributed by atoms with Gasteiger partial charge in [-0.2, -0.15) is 5.26 Å². The fraction of sp³-hybridized carbons (Fsp3) is 0.188. The molecule has 6 heteroatoms. The molecule has 0 fully saturated rings. The Bertz CT molecular complexity index is 729. The molecule has 1 amide bonds. The molecule has 0 spiro atoms. The number of hydrogen-bond acceptors (Lipinski definition) is 3. The molecule has 1 aromatic heterocycles. The van der Waals surface area contributed by atoms with Crippen molar-refractivity contribution in [3.8, 4) is 11.8 Å². The van der Waals surface area contributed by atoms with Gasteiger partial charge in [0.05, 0.1) is 12.0 Å². The van der Waals surface area contributed by atoms with Crippen LogP contribution in [-0.2, 0) is 4.79 Å². The molecular weight excluding hydrogens is 300 g/mol. The minimum absolute atomic E-state index is 0.0166. The number of nitrogens with one attached hydrogen (secondary N) is 1. The molecule has 22 heavy (non-hydrogen) atoms. The van der Waals surface area contributed by atoms with Crippen molar-refractivity contribution >= 4 is 23.6 Å². The van der Waals surface area contributed by atoms with E-state index in [0.29, 0.717) is 17.1 Å². The van der Waals surface area contributed by atoms with Crippen LogP contribution in [0.25, 0.3) is 11.8 Å². The van der Waals surface area contributed by atoms with Crippen LogP contribution in [0.2, 0.25) is 5.02 Å². The molecule has 5 nitrogen and oxygen atoms in total. The maximum atomic E-state index is 12.0. The van der Waals surface area contributed by atoms with Crippen LogP contribution in [0.3, 0.4) is 0 Å². The van der Waals surface area contributed by atoms with Crippen molar-refractivity contribution in [3.63, 3.8) is 0 Å². The van der Waals surface area contributed by atoms with Crippen molar-refractivity contribution in [1.82, 2.24) is 14.9 Å². The highest BCUT2D eigenvalue weighted by molar-refractivity contribution is 6.32. The molecule has 2 rings (SSSR count). The van der Waals surface area contributed by atoms with Crippen LogP contribution in [0.1, 0.15) is 18.9 Å². The molecule has 0 aliphatic heterocycles. The van der Waals surface area contributed by atoms with Crippen LogP contribution in [0.15, 0.2) is 42.5 Å². The van der Waals surface area contributed by atoms with Gasteiger partial charge in [-0.25, -0.2) is 4.98 Å². The largest absolute Gasteiger partial charge is 0.351 e. The molecule has 0 atom stereocenters. The van der Waals surface area contributed by atoms with E-state index in [1.807, 2.05) is 19.1 Å². The first kappa shape index (κ1) is 15.8. The number of aromatic nitrogens is 2. The number of rotatable bonds is 5. The van der Waals surface area contributed by atoms with E-state index in [2.05, 4.69) is 10.3 Å². The minimum atomic E-state index is -0.402. The van der Waals surface area contributed by atoms with Crippen molar-refractivity contribution < 1.29 is 4.79 Å². The highest BCUT2D eigenvalue weighted by Crippen LogP contribution is 2.25. The van der Waals surface area contributed by atoms with E-state index < -0.39 is 5.91 Å². The van der Waals surface area contributed by atoms with E-state index in [0.717, 1.165) is 12.1 Å². The summed E-state index contributed by atoms with van der Waals surface area (Å²) in [5.74, 6) is -0.402. The Morgan fingerprint density at radius 1 is 1.55 bits per heavy atom. The van der Waals surface area contributed by atoms with E-state index in [1.54, 1.807) is 35.4 Å². The fourth-order valence-electron chi connectivity index (χ4n) is 1.92. The van der Waals surface area contributed by atoms with E-state index in [1.165, 1.54) is 6.08 Å². The minimum Gasteiger partial charge on any atom is -0.351 e. The molecular formula is C16H15ClN4O. The summed E-state index contributed by atoms with van der Waals surface area (Å²) in [4.78, 5) is 16.0. The zero-order chi connectivity index (χ0) is 15.9. The van der Waals surface area contributed by atoms with Gasteiger partial charge in [0.25, 0.3) is 5.91 Å². The number of benzene rings is 1. The fourth-order valence-corrected chi connectivity index (χ4v) is 2.15. The zero-order valence-electron chi connectivity index (χ0n) is 12.1. The predicted octanol–water partition coefficient (Wildman–Crippen LogP) is 2.96. The quantitative estimate of drug-likeness (QED) is 0.681. The summed E-state index contributed by atoms with van der Waals surface area (Å²) in [6.45, 7) is 2.47. The molecule has 0 aliphatic carbocycles. The average molecular weight is 315 g/mol. The lowest BCUT2D eigenvalue weighted by Gasteiger charge is -2.09. The van der Waals surface area contributed by atoms with Gasteiger partial charge in [-0.1, -0.05) is 24.6 Å². The summed E-state index contributed by atoms with van der Waals surface area (Å²) in [6, 6.07) is 7.29. The number of amides is 1. The predicted molar refractivity (Wildman–Crippen MR) is 85.5 cm³/mol. The van der Waals surface area contributed by atoms with Crippen molar-refractivity contribution in [2.45, 2.75) is 13.3 Å². The third-order valence-electron chi connectivity index (χ3n) is 3.00. The molecule has 1 N–H and O–H groups in total. The average Bonchev–Trinajstić information content (AvgIpc) is 3.05. The Labute approximate surface area is 133 Å². The molecule has 0 unspecified atom stereocenters. The molecule has 0 bridgehead atoms. The van der Waals surface area contributed by atoms with Gasteiger partial charge in [0.1, 0.15) is 11.6 Å². The third kappa shape index (κ3) is 3.54. The molecule has 0 aliphatic rings. The Morgan fingerprint density at radius 3 is 3.00 bits per heavy atom. The van der Waals surface area contributed by atoms with Crippen molar-refractivity contribution in [1.29, 1.82) is 5.26 Å². The van der Waals surface area contributed by atoms with Gasteiger partial charge >= 0.3 is 0 Å². The first-order valence-corrected chi connectivity index (χ1v) is 7.22. The molecule has 0 saturated carbocycles. The SMILES string of the molecule is CCCNC(=O)/C(C#N)=C/c1c(Cl)cccc1-n1ccnc1. The molecule has 1 heterocycles. The van der Waals surface area contributed by atoms with Gasteiger partial charge in [-0.3, -0.25) is 4.79 Å². The lowest BCUT2D eigenvalue weighted by atomic mass is 10.1. The number of imidazole rings is 1. The van der Waals surface area contributed by atoms with Crippen molar-refractivity contribution in [2.75, 3.05) is 6.54 Å². The molecule has 112 valence electrons. The van der Waals surface area contributed by atoms with Crippen LogP contribution in [-0.4, -0.2) is 22.0 Å². The number of nitriles is 1. The maximum Gasteiger partial charge on any atom is 0.261 e. The van der Waals surface area contributed by atoms with Gasteiger partial charge < -0.3 is 9.88 Å². The van der Waals surface area contributed by atoms with Gasteiger partial charge in [-0.15, -0.1) is 0 Å². The Morgan fingerprint density at radius 2 is 2.36 bits per heavy atom. The highest BCUT2D eigenvalue weighted by Gasteiger charge is 2.12. The van der Waals surface area contributed by atoms with Crippen molar-refractivity contribution in [2.24, 2.45) is 0 Å². The van der Waals surface area contributed by atoms with Gasteiger partial charge in [-0.05, 0) is 24.6 Å². The molecule has 2 aromatic rings. The monoisotopic (exact) mass is 314 g/mol. The van der Waals surface area contributed by atoms with E-state index in [4.69, 9.17) is 11.6 Å². The lowest BCUT2D eigenvalue weighted by molar-refractivity contribution is -0.117. The Balaban J connectivity index is 2.45. The summed E-state index contributed by atoms with van der Waals surface area (Å²) in [5.41, 5.74) is 1.37. The molecule has 1 aromatic carbocycles. The summed E-state index contributed by atoms with van der Waals surface area (Å²) in [5, 5.41) is 12.4. The number of hydrogen-bond donors (Lipinski definition) is 1. The second kappa shape index (κ2) is 7.43.